The Kier molecular flexibility index (Phi) is 5.43. The summed E-state index contributed by atoms with van der Waals surface area (Å²) in [5.74, 6) is -1.32. The number of benzene rings is 2. The fraction of sp³-hybridized carbons (Fsp3) is 0.286. The molecule has 164 valence electrons. The molecule has 2 aromatic carbocycles. The molecule has 0 bridgehead atoms. The van der Waals surface area contributed by atoms with Crippen LogP contribution in [0.5, 0.6) is 0 Å². The number of hydrogen-bond donors (Lipinski definition) is 2. The maximum absolute atomic E-state index is 12.8. The van der Waals surface area contributed by atoms with E-state index >= 15 is 0 Å². The van der Waals surface area contributed by atoms with E-state index in [1.807, 2.05) is 60.7 Å². The van der Waals surface area contributed by atoms with Gasteiger partial charge in [-0.25, -0.2) is 0 Å². The van der Waals surface area contributed by atoms with E-state index < -0.39 is 37.7 Å². The van der Waals surface area contributed by atoms with Gasteiger partial charge in [0.05, 0.1) is 0 Å². The van der Waals surface area contributed by atoms with E-state index in [1.165, 1.54) is 19.0 Å². The number of carbonyl (C=O) groups is 3. The van der Waals surface area contributed by atoms with E-state index in [1.54, 1.807) is 0 Å². The van der Waals surface area contributed by atoms with Gasteiger partial charge in [-0.1, -0.05) is 0 Å². The molecular formula is C21H24N3O6P. The zero-order chi connectivity index (χ0) is 22.1. The molecule has 0 unspecified atom stereocenters. The quantitative estimate of drug-likeness (QED) is 0.676. The zero-order valence-electron chi connectivity index (χ0n) is 17.2. The molecule has 1 spiro atoms. The van der Waals surface area contributed by atoms with Gasteiger partial charge in [0.2, 0.25) is 0 Å². The number of amides is 1. The van der Waals surface area contributed by atoms with Crippen LogP contribution < -0.4 is 10.2 Å². The van der Waals surface area contributed by atoms with Gasteiger partial charge in [-0.05, 0) is 0 Å². The minimum atomic E-state index is -4.80. The molecule has 2 atom stereocenters. The Morgan fingerprint density at radius 2 is 1.29 bits per heavy atom. The molecule has 2 fully saturated rings. The number of rotatable bonds is 5. The molecule has 9 nitrogen and oxygen atoms in total. The predicted molar refractivity (Wildman–Crippen MR) is 113 cm³/mol. The summed E-state index contributed by atoms with van der Waals surface area (Å²) in [4.78, 5) is 39.2. The normalized spacial score (nSPS) is 24.6. The van der Waals surface area contributed by atoms with Gasteiger partial charge in [-0.3, -0.25) is 0 Å². The standard InChI is InChI=1S/C21H24N3O6P/c1-24(2)21(27)30-31(22-17(19(25)28-31)13-15-9-5-3-6-10-15)23-18(20(26)29-31)14-16-11-7-4-8-12-16/h3-12,17-18,22-23H,13-14H2,1-2H3/t17-,18-/m0/s1. The predicted octanol–water partition coefficient (Wildman–Crippen LogP) is 2.33. The first-order valence-corrected chi connectivity index (χ1v) is 11.8. The summed E-state index contributed by atoms with van der Waals surface area (Å²) in [6.45, 7) is 0. The molecule has 2 saturated heterocycles. The molecule has 1 amide bonds. The second kappa shape index (κ2) is 7.92. The van der Waals surface area contributed by atoms with E-state index in [0.717, 1.165) is 11.1 Å². The van der Waals surface area contributed by atoms with Crippen LogP contribution in [0, 0.1) is 0 Å². The van der Waals surface area contributed by atoms with E-state index in [0.29, 0.717) is 0 Å². The van der Waals surface area contributed by atoms with Gasteiger partial charge in [0, 0.05) is 0 Å². The molecule has 10 heteroatoms. The van der Waals surface area contributed by atoms with Crippen LogP contribution in [0.15, 0.2) is 60.7 Å². The van der Waals surface area contributed by atoms with Crippen molar-refractivity contribution in [1.82, 2.24) is 15.1 Å². The van der Waals surface area contributed by atoms with Gasteiger partial charge in [0.15, 0.2) is 0 Å². The molecule has 2 heterocycles. The molecule has 0 aromatic heterocycles. The van der Waals surface area contributed by atoms with Gasteiger partial charge < -0.3 is 0 Å². The fourth-order valence-electron chi connectivity index (χ4n) is 3.53. The van der Waals surface area contributed by atoms with Crippen molar-refractivity contribution < 1.29 is 28.0 Å². The van der Waals surface area contributed by atoms with Gasteiger partial charge >= 0.3 is 179 Å². The Morgan fingerprint density at radius 3 is 1.68 bits per heavy atom. The van der Waals surface area contributed by atoms with Crippen LogP contribution in [0.3, 0.4) is 0 Å². The van der Waals surface area contributed by atoms with Crippen LogP contribution in [0.2, 0.25) is 0 Å². The van der Waals surface area contributed by atoms with Gasteiger partial charge in [0.25, 0.3) is 0 Å². The molecule has 0 radical (unpaired) electrons. The molecule has 0 aliphatic carbocycles. The van der Waals surface area contributed by atoms with Crippen LogP contribution in [0.4, 0.5) is 4.79 Å². The number of hydrogen-bond acceptors (Lipinski definition) is 8. The summed E-state index contributed by atoms with van der Waals surface area (Å²) in [5.41, 5.74) is 1.75. The Morgan fingerprint density at radius 1 is 0.871 bits per heavy atom. The van der Waals surface area contributed by atoms with Crippen LogP contribution in [0.25, 0.3) is 0 Å². The summed E-state index contributed by atoms with van der Waals surface area (Å²) >= 11 is 0. The Balaban J connectivity index is 1.63. The number of nitrogens with one attached hydrogen (secondary N) is 2. The second-order valence-electron chi connectivity index (χ2n) is 7.70. The summed E-state index contributed by atoms with van der Waals surface area (Å²) in [5, 5.41) is 5.89. The Hall–Kier alpha value is -3.00. The first kappa shape index (κ1) is 21.2. The van der Waals surface area contributed by atoms with Crippen molar-refractivity contribution in [2.75, 3.05) is 14.1 Å². The van der Waals surface area contributed by atoms with E-state index in [-0.39, 0.29) is 12.8 Å². The van der Waals surface area contributed by atoms with E-state index in [9.17, 15) is 14.4 Å². The van der Waals surface area contributed by atoms with E-state index in [4.69, 9.17) is 13.6 Å². The van der Waals surface area contributed by atoms with Crippen molar-refractivity contribution in [3.05, 3.63) is 71.8 Å². The summed E-state index contributed by atoms with van der Waals surface area (Å²) in [6.07, 6.45) is -0.252. The minimum absolute atomic E-state index is 0.277. The van der Waals surface area contributed by atoms with Crippen molar-refractivity contribution >= 4 is 25.6 Å². The van der Waals surface area contributed by atoms with Crippen molar-refractivity contribution in [3.63, 3.8) is 0 Å². The molecule has 4 rings (SSSR count). The number of nitrogens with zero attached hydrogens (tertiary/aromatic N) is 1. The van der Waals surface area contributed by atoms with Crippen LogP contribution in [-0.4, -0.2) is 49.1 Å². The average Bonchev–Trinajstić information content (AvgIpc) is 3.15. The van der Waals surface area contributed by atoms with Gasteiger partial charge in [0.1, 0.15) is 0 Å². The third-order valence-corrected chi connectivity index (χ3v) is 8.04. The summed E-state index contributed by atoms with van der Waals surface area (Å²) < 4.78 is 16.8. The molecule has 2 aliphatic rings. The van der Waals surface area contributed by atoms with Crippen molar-refractivity contribution in [2.45, 2.75) is 24.9 Å². The molecule has 2 aromatic rings. The topological polar surface area (TPSA) is 106 Å². The number of carbonyl (C=O) groups excluding carboxylic acids is 3. The summed E-state index contributed by atoms with van der Waals surface area (Å²) in [6, 6.07) is 16.9. The van der Waals surface area contributed by atoms with Gasteiger partial charge in [-0.2, -0.15) is 0 Å². The van der Waals surface area contributed by atoms with Crippen molar-refractivity contribution in [2.24, 2.45) is 0 Å². The Bertz CT molecular complexity index is 931. The average molecular weight is 445 g/mol. The second-order valence-corrected chi connectivity index (χ2v) is 10.5. The SMILES string of the molecule is CN(C)C(=O)OP12(N[C@@H](Cc3ccccc3)C(=O)O1)N[C@@H](Cc1ccccc1)C(=O)O2. The van der Waals surface area contributed by atoms with E-state index in [2.05, 4.69) is 10.2 Å². The molecule has 2 N–H and O–H groups in total. The van der Waals surface area contributed by atoms with Crippen molar-refractivity contribution in [3.8, 4) is 0 Å². The van der Waals surface area contributed by atoms with Gasteiger partial charge in [-0.15, -0.1) is 0 Å². The molecule has 0 saturated carbocycles. The fourth-order valence-corrected chi connectivity index (χ4v) is 6.86. The third kappa shape index (κ3) is 4.25. The van der Waals surface area contributed by atoms with Crippen LogP contribution in [-0.2, 0) is 36.0 Å². The first-order valence-electron chi connectivity index (χ1n) is 9.84. The molecule has 2 aliphatic heterocycles. The Labute approximate surface area is 179 Å². The monoisotopic (exact) mass is 445 g/mol. The maximum atomic E-state index is 12.8. The third-order valence-electron chi connectivity index (χ3n) is 5.01. The zero-order valence-corrected chi connectivity index (χ0v) is 18.1. The van der Waals surface area contributed by atoms with Crippen molar-refractivity contribution in [1.29, 1.82) is 0 Å². The van der Waals surface area contributed by atoms with Crippen LogP contribution in [0.1, 0.15) is 11.1 Å². The molecule has 31 heavy (non-hydrogen) atoms. The molecular weight excluding hydrogens is 421 g/mol. The van der Waals surface area contributed by atoms with Crippen LogP contribution >= 0.6 is 7.59 Å². The summed E-state index contributed by atoms with van der Waals surface area (Å²) in [7, 11) is -1.83. The first-order chi connectivity index (χ1) is 14.8.